The van der Waals surface area contributed by atoms with E-state index in [1.165, 1.54) is 7.11 Å². The van der Waals surface area contributed by atoms with Gasteiger partial charge in [-0.2, -0.15) is 0 Å². The molecule has 0 radical (unpaired) electrons. The first-order valence-corrected chi connectivity index (χ1v) is 6.57. The van der Waals surface area contributed by atoms with Crippen LogP contribution < -0.4 is 0 Å². The number of carbonyl (C=O) groups excluding carboxylic acids is 2. The predicted octanol–water partition coefficient (Wildman–Crippen LogP) is 8.38. The molecule has 0 aromatic carbocycles. The zero-order valence-electron chi connectivity index (χ0n) is 13.3. The molecule has 0 aromatic heterocycles. The van der Waals surface area contributed by atoms with Crippen LogP contribution in [-0.2, 0) is 19.1 Å². The number of rotatable bonds is 6. The predicted molar refractivity (Wildman–Crippen MR) is 129 cm³/mol. The van der Waals surface area contributed by atoms with E-state index in [-0.39, 0.29) is 88.6 Å². The molecule has 6 heteroatoms. The molecular weight excluding hydrogens is 366 g/mol. The fourth-order valence-corrected chi connectivity index (χ4v) is 0.839. The van der Waals surface area contributed by atoms with Gasteiger partial charge in [0.2, 0.25) is 0 Å². The molecule has 28 heavy (non-hydrogen) atoms. The Morgan fingerprint density at radius 2 is 1.29 bits per heavy atom. The Hall–Kier alpha value is -1.20. The highest BCUT2D eigenvalue weighted by Crippen LogP contribution is 2.21. The van der Waals surface area contributed by atoms with Gasteiger partial charge < -0.3 is 9.47 Å². The second-order valence-electron chi connectivity index (χ2n) is 4.89. The van der Waals surface area contributed by atoms with Gasteiger partial charge >= 0.3 is 11.9 Å². The molecule has 0 N–H and O–H groups in total. The van der Waals surface area contributed by atoms with Crippen molar-refractivity contribution in [3.63, 3.8) is 0 Å². The van der Waals surface area contributed by atoms with E-state index in [9.17, 15) is 14.0 Å². The highest BCUT2D eigenvalue weighted by molar-refractivity contribution is 5.75. The molecule has 0 fully saturated rings. The van der Waals surface area contributed by atoms with Crippen LogP contribution in [0.1, 0.15) is 107 Å². The Kier molecular flexibility index (Phi) is 103. The molecule has 0 aliphatic heterocycles. The lowest BCUT2D eigenvalue weighted by molar-refractivity contribution is -0.154. The van der Waals surface area contributed by atoms with E-state index >= 15 is 0 Å². The topological polar surface area (TPSA) is 52.6 Å². The number of hydrogen-bond acceptors (Lipinski definition) is 4. The largest absolute Gasteiger partial charge is 0.469 e. The maximum absolute atomic E-state index is 11.6. The summed E-state index contributed by atoms with van der Waals surface area (Å²) >= 11 is 0. The molecule has 1 unspecified atom stereocenters. The van der Waals surface area contributed by atoms with Gasteiger partial charge in [0.05, 0.1) is 18.4 Å². The van der Waals surface area contributed by atoms with Gasteiger partial charge in [0.25, 0.3) is 0 Å². The zero-order valence-corrected chi connectivity index (χ0v) is 13.3. The van der Waals surface area contributed by atoms with Crippen molar-refractivity contribution >= 4 is 11.9 Å². The fourth-order valence-electron chi connectivity index (χ4n) is 0.839. The van der Waals surface area contributed by atoms with Crippen molar-refractivity contribution in [2.24, 2.45) is 11.3 Å². The average Bonchev–Trinajstić information content (AvgIpc) is 2.43. The van der Waals surface area contributed by atoms with Crippen molar-refractivity contribution < 1.29 is 28.2 Å². The molecule has 0 saturated carbocycles. The van der Waals surface area contributed by atoms with Crippen molar-refractivity contribution in [1.82, 2.24) is 0 Å². The second-order valence-corrected chi connectivity index (χ2v) is 4.89. The van der Waals surface area contributed by atoms with Crippen molar-refractivity contribution in [2.45, 2.75) is 107 Å². The van der Waals surface area contributed by atoms with Gasteiger partial charge in [0, 0.05) is 0 Å². The third kappa shape index (κ3) is 35.8. The molecule has 0 aliphatic carbocycles. The van der Waals surface area contributed by atoms with Crippen molar-refractivity contribution in [2.75, 3.05) is 20.4 Å². The van der Waals surface area contributed by atoms with Crippen LogP contribution in [-0.4, -0.2) is 32.3 Å². The Labute approximate surface area is 179 Å². The van der Waals surface area contributed by atoms with Crippen molar-refractivity contribution in [3.05, 3.63) is 0 Å². The van der Waals surface area contributed by atoms with Crippen molar-refractivity contribution in [1.29, 1.82) is 0 Å². The molecule has 186 valence electrons. The Morgan fingerprint density at radius 3 is 1.46 bits per heavy atom. The SMILES string of the molecule is C.C.C.C.C.C.C.C.CCC(C)(C)C(=O)OCCF.CCC(C)C(=O)OC.F. The normalized spacial score (nSPS) is 8.11. The van der Waals surface area contributed by atoms with Crippen LogP contribution in [0.15, 0.2) is 0 Å². The second kappa shape index (κ2) is 40.5. The number of carbonyl (C=O) groups is 2. The Balaban J connectivity index is -0.0000000177. The lowest BCUT2D eigenvalue weighted by Crippen LogP contribution is -2.26. The van der Waals surface area contributed by atoms with Gasteiger partial charge in [-0.1, -0.05) is 80.2 Å². The lowest BCUT2D eigenvalue weighted by Gasteiger charge is -2.19. The van der Waals surface area contributed by atoms with Crippen LogP contribution in [0, 0.1) is 11.3 Å². The molecular formula is C22H60F2O4. The minimum absolute atomic E-state index is 0. The van der Waals surface area contributed by atoms with Gasteiger partial charge in [-0.3, -0.25) is 14.3 Å². The maximum Gasteiger partial charge on any atom is 0.311 e. The Bertz CT molecular complexity index is 271. The molecule has 0 heterocycles. The van der Waals surface area contributed by atoms with Gasteiger partial charge in [-0.05, 0) is 26.7 Å². The van der Waals surface area contributed by atoms with E-state index in [0.29, 0.717) is 6.42 Å². The average molecular weight is 427 g/mol. The summed E-state index contributed by atoms with van der Waals surface area (Å²) in [6.45, 7) is 8.55. The molecule has 0 aliphatic rings. The van der Waals surface area contributed by atoms with Crippen LogP contribution in [0.4, 0.5) is 9.09 Å². The van der Waals surface area contributed by atoms with Crippen LogP contribution in [0.25, 0.3) is 0 Å². The van der Waals surface area contributed by atoms with Crippen LogP contribution in [0.3, 0.4) is 0 Å². The van der Waals surface area contributed by atoms with Crippen LogP contribution in [0.5, 0.6) is 0 Å². The fraction of sp³-hybridized carbons (Fsp3) is 0.909. The summed E-state index contributed by atoms with van der Waals surface area (Å²) in [5.41, 5.74) is -0.477. The quantitative estimate of drug-likeness (QED) is 0.400. The lowest BCUT2D eigenvalue weighted by atomic mass is 9.91. The summed E-state index contributed by atoms with van der Waals surface area (Å²) in [5, 5.41) is 0. The smallest absolute Gasteiger partial charge is 0.311 e. The van der Waals surface area contributed by atoms with E-state index in [2.05, 4.69) is 9.47 Å². The van der Waals surface area contributed by atoms with E-state index in [0.717, 1.165) is 6.42 Å². The van der Waals surface area contributed by atoms with E-state index < -0.39 is 12.1 Å². The number of esters is 2. The standard InChI is InChI=1S/C8H15FO2.C6H12O2.8CH4.FH/c1-4-8(2,3)7(10)11-6-5-9;1-4-5(2)6(7)8-3;;;;;;;;;/h4-6H2,1-3H3;5H,4H2,1-3H3;8*1H4;1H. The van der Waals surface area contributed by atoms with Gasteiger partial charge in [-0.15, -0.1) is 0 Å². The van der Waals surface area contributed by atoms with Gasteiger partial charge in [-0.25, -0.2) is 4.39 Å². The highest BCUT2D eigenvalue weighted by atomic mass is 19.1. The first kappa shape index (κ1) is 71.5. The summed E-state index contributed by atoms with van der Waals surface area (Å²) in [6, 6.07) is 0. The third-order valence-corrected chi connectivity index (χ3v) is 2.96. The van der Waals surface area contributed by atoms with Crippen LogP contribution >= 0.6 is 0 Å². The number of halogens is 2. The summed E-state index contributed by atoms with van der Waals surface area (Å²) in [7, 11) is 1.41. The Morgan fingerprint density at radius 1 is 0.929 bits per heavy atom. The molecule has 1 atom stereocenters. The van der Waals surface area contributed by atoms with Gasteiger partial charge in [0.1, 0.15) is 13.3 Å². The molecule has 0 bridgehead atoms. The van der Waals surface area contributed by atoms with E-state index in [1.54, 1.807) is 13.8 Å². The van der Waals surface area contributed by atoms with Gasteiger partial charge in [0.15, 0.2) is 0 Å². The molecule has 0 rings (SSSR count). The molecule has 0 saturated heterocycles. The number of ether oxygens (including phenoxy) is 2. The number of methoxy groups -OCH3 is 1. The molecule has 0 aromatic rings. The molecule has 4 nitrogen and oxygen atoms in total. The molecule has 0 amide bonds. The third-order valence-electron chi connectivity index (χ3n) is 2.96. The first-order valence-electron chi connectivity index (χ1n) is 6.57. The summed E-state index contributed by atoms with van der Waals surface area (Å²) in [6.07, 6.45) is 1.56. The summed E-state index contributed by atoms with van der Waals surface area (Å²) in [4.78, 5) is 21.6. The maximum atomic E-state index is 11.6. The van der Waals surface area contributed by atoms with Crippen molar-refractivity contribution in [3.8, 4) is 0 Å². The van der Waals surface area contributed by atoms with E-state index in [4.69, 9.17) is 0 Å². The number of alkyl halides is 1. The van der Waals surface area contributed by atoms with Crippen LogP contribution in [0.2, 0.25) is 0 Å². The zero-order chi connectivity index (χ0) is 15.5. The summed E-state index contributed by atoms with van der Waals surface area (Å²) in [5.74, 6) is -0.384. The number of hydrogen-bond donors (Lipinski definition) is 0. The first-order chi connectivity index (χ1) is 8.76. The highest BCUT2D eigenvalue weighted by Gasteiger charge is 2.26. The molecule has 0 spiro atoms. The minimum Gasteiger partial charge on any atom is -0.469 e. The summed E-state index contributed by atoms with van der Waals surface area (Å²) < 4.78 is 20.7. The minimum atomic E-state index is -0.606. The van der Waals surface area contributed by atoms with E-state index in [1.807, 2.05) is 20.8 Å². The monoisotopic (exact) mass is 426 g/mol.